The summed E-state index contributed by atoms with van der Waals surface area (Å²) in [6.45, 7) is 0. The summed E-state index contributed by atoms with van der Waals surface area (Å²) in [6, 6.07) is 18.3. The molecule has 1 N–H and O–H groups in total. The van der Waals surface area contributed by atoms with Crippen LogP contribution in [0.4, 0.5) is 13.2 Å². The molecule has 0 saturated heterocycles. The molecule has 0 aliphatic heterocycles. The maximum Gasteiger partial charge on any atom is 0.435 e. The fourth-order valence-electron chi connectivity index (χ4n) is 2.89. The first-order valence-electron chi connectivity index (χ1n) is 7.79. The summed E-state index contributed by atoms with van der Waals surface area (Å²) in [4.78, 5) is 15.4. The van der Waals surface area contributed by atoms with Crippen molar-refractivity contribution in [2.45, 2.75) is 6.18 Å². The van der Waals surface area contributed by atoms with Gasteiger partial charge in [0.25, 0.3) is 5.56 Å². The fourth-order valence-corrected chi connectivity index (χ4v) is 2.89. The number of halogens is 3. The third-order valence-electron chi connectivity index (χ3n) is 4.03. The lowest BCUT2D eigenvalue weighted by Crippen LogP contribution is -2.15. The van der Waals surface area contributed by atoms with E-state index in [4.69, 9.17) is 0 Å². The van der Waals surface area contributed by atoms with Crippen molar-refractivity contribution in [1.82, 2.24) is 14.6 Å². The van der Waals surface area contributed by atoms with Crippen molar-refractivity contribution in [3.05, 3.63) is 82.8 Å². The van der Waals surface area contributed by atoms with Crippen LogP contribution in [0, 0.1) is 0 Å². The zero-order chi connectivity index (χ0) is 18.3. The molecule has 0 spiro atoms. The molecule has 130 valence electrons. The zero-order valence-corrected chi connectivity index (χ0v) is 13.3. The van der Waals surface area contributed by atoms with E-state index in [-0.39, 0.29) is 11.2 Å². The van der Waals surface area contributed by atoms with Crippen molar-refractivity contribution in [2.75, 3.05) is 0 Å². The Bertz CT molecular complexity index is 1130. The highest BCUT2D eigenvalue weighted by Crippen LogP contribution is 2.38. The molecule has 0 bridgehead atoms. The Morgan fingerprint density at radius 2 is 1.46 bits per heavy atom. The molecule has 26 heavy (non-hydrogen) atoms. The number of nitrogens with one attached hydrogen (secondary N) is 1. The Morgan fingerprint density at radius 3 is 2.04 bits per heavy atom. The van der Waals surface area contributed by atoms with Gasteiger partial charge in [-0.2, -0.15) is 22.8 Å². The first kappa shape index (κ1) is 16.1. The monoisotopic (exact) mass is 355 g/mol. The summed E-state index contributed by atoms with van der Waals surface area (Å²) in [5.74, 6) is 0. The standard InChI is InChI=1S/C19H12F3N3O/c20-19(21,22)17-16(13-9-5-2-6-10-13)18-23-14(11-15(26)25(18)24-17)12-7-3-1-4-8-12/h1-11,23H. The smallest absolute Gasteiger partial charge is 0.339 e. The Kier molecular flexibility index (Phi) is 3.64. The van der Waals surface area contributed by atoms with Crippen LogP contribution in [0.25, 0.3) is 28.0 Å². The number of fused-ring (bicyclic) bond motifs is 1. The van der Waals surface area contributed by atoms with E-state index in [0.29, 0.717) is 16.8 Å². The topological polar surface area (TPSA) is 50.2 Å². The lowest BCUT2D eigenvalue weighted by molar-refractivity contribution is -0.140. The summed E-state index contributed by atoms with van der Waals surface area (Å²) >= 11 is 0. The first-order valence-corrected chi connectivity index (χ1v) is 7.79. The predicted octanol–water partition coefficient (Wildman–Crippen LogP) is 4.38. The highest BCUT2D eigenvalue weighted by atomic mass is 19.4. The van der Waals surface area contributed by atoms with E-state index in [1.54, 1.807) is 54.6 Å². The Balaban J connectivity index is 2.09. The third-order valence-corrected chi connectivity index (χ3v) is 4.03. The Hall–Kier alpha value is -3.35. The van der Waals surface area contributed by atoms with E-state index >= 15 is 0 Å². The van der Waals surface area contributed by atoms with Crippen LogP contribution >= 0.6 is 0 Å². The van der Waals surface area contributed by atoms with Gasteiger partial charge in [0.1, 0.15) is 5.65 Å². The number of hydrogen-bond donors (Lipinski definition) is 1. The number of rotatable bonds is 2. The van der Waals surface area contributed by atoms with Crippen molar-refractivity contribution in [3.63, 3.8) is 0 Å². The van der Waals surface area contributed by atoms with E-state index < -0.39 is 17.4 Å². The lowest BCUT2D eigenvalue weighted by atomic mass is 10.1. The predicted molar refractivity (Wildman–Crippen MR) is 91.7 cm³/mol. The van der Waals surface area contributed by atoms with Crippen LogP contribution in [-0.2, 0) is 6.18 Å². The molecule has 0 atom stereocenters. The molecule has 4 rings (SSSR count). The number of alkyl halides is 3. The van der Waals surface area contributed by atoms with Crippen molar-refractivity contribution in [1.29, 1.82) is 0 Å². The van der Waals surface area contributed by atoms with E-state index in [9.17, 15) is 18.0 Å². The number of aromatic nitrogens is 3. The molecule has 4 aromatic rings. The quantitative estimate of drug-likeness (QED) is 0.580. The number of nitrogens with zero attached hydrogens (tertiary/aromatic N) is 2. The van der Waals surface area contributed by atoms with Gasteiger partial charge in [0.05, 0.1) is 11.3 Å². The van der Waals surface area contributed by atoms with E-state index in [1.165, 1.54) is 6.07 Å². The van der Waals surface area contributed by atoms with Gasteiger partial charge in [0, 0.05) is 6.07 Å². The first-order chi connectivity index (χ1) is 12.4. The molecule has 2 aromatic carbocycles. The Morgan fingerprint density at radius 1 is 0.885 bits per heavy atom. The van der Waals surface area contributed by atoms with Gasteiger partial charge in [-0.25, -0.2) is 0 Å². The number of H-pyrrole nitrogens is 1. The van der Waals surface area contributed by atoms with Crippen LogP contribution in [0.5, 0.6) is 0 Å². The van der Waals surface area contributed by atoms with Crippen molar-refractivity contribution >= 4 is 5.65 Å². The van der Waals surface area contributed by atoms with E-state index in [2.05, 4.69) is 10.1 Å². The summed E-state index contributed by atoms with van der Waals surface area (Å²) in [5.41, 5.74) is -0.416. The molecule has 0 radical (unpaired) electrons. The summed E-state index contributed by atoms with van der Waals surface area (Å²) in [7, 11) is 0. The average molecular weight is 355 g/mol. The van der Waals surface area contributed by atoms with Gasteiger partial charge < -0.3 is 4.98 Å². The van der Waals surface area contributed by atoms with Crippen LogP contribution in [0.15, 0.2) is 71.5 Å². The molecular formula is C19H12F3N3O. The van der Waals surface area contributed by atoms with Crippen LogP contribution in [0.3, 0.4) is 0 Å². The largest absolute Gasteiger partial charge is 0.435 e. The van der Waals surface area contributed by atoms with E-state index in [1.807, 2.05) is 6.07 Å². The van der Waals surface area contributed by atoms with Gasteiger partial charge >= 0.3 is 6.18 Å². The molecule has 0 amide bonds. The van der Waals surface area contributed by atoms with Gasteiger partial charge in [-0.15, -0.1) is 0 Å². The summed E-state index contributed by atoms with van der Waals surface area (Å²) in [5, 5.41) is 3.54. The van der Waals surface area contributed by atoms with Crippen molar-refractivity contribution < 1.29 is 13.2 Å². The second-order valence-corrected chi connectivity index (χ2v) is 5.74. The molecule has 7 heteroatoms. The fraction of sp³-hybridized carbons (Fsp3) is 0.0526. The van der Waals surface area contributed by atoms with Gasteiger partial charge in [-0.3, -0.25) is 4.79 Å². The van der Waals surface area contributed by atoms with E-state index in [0.717, 1.165) is 4.52 Å². The van der Waals surface area contributed by atoms with Gasteiger partial charge in [0.2, 0.25) is 0 Å². The van der Waals surface area contributed by atoms with Gasteiger partial charge in [-0.1, -0.05) is 60.7 Å². The van der Waals surface area contributed by atoms with Crippen LogP contribution in [-0.4, -0.2) is 14.6 Å². The number of aromatic amines is 1. The number of hydrogen-bond acceptors (Lipinski definition) is 2. The maximum absolute atomic E-state index is 13.5. The van der Waals surface area contributed by atoms with Gasteiger partial charge in [-0.05, 0) is 11.1 Å². The molecule has 2 heterocycles. The average Bonchev–Trinajstić information content (AvgIpc) is 3.04. The Labute approximate surface area is 145 Å². The van der Waals surface area contributed by atoms with Crippen LogP contribution in [0.2, 0.25) is 0 Å². The maximum atomic E-state index is 13.5. The molecule has 0 aliphatic carbocycles. The van der Waals surface area contributed by atoms with Gasteiger partial charge in [0.15, 0.2) is 5.69 Å². The number of benzene rings is 2. The molecule has 0 saturated carbocycles. The molecule has 0 unspecified atom stereocenters. The molecule has 0 fully saturated rings. The SMILES string of the molecule is O=c1cc(-c2ccccc2)[nH]c2c(-c3ccccc3)c(C(F)(F)F)nn12. The minimum atomic E-state index is -4.69. The molecule has 2 aromatic heterocycles. The second kappa shape index (κ2) is 5.87. The third kappa shape index (κ3) is 2.67. The van der Waals surface area contributed by atoms with Crippen LogP contribution in [0.1, 0.15) is 5.69 Å². The highest BCUT2D eigenvalue weighted by molar-refractivity contribution is 5.81. The minimum Gasteiger partial charge on any atom is -0.339 e. The van der Waals surface area contributed by atoms with Crippen molar-refractivity contribution in [2.24, 2.45) is 0 Å². The summed E-state index contributed by atoms with van der Waals surface area (Å²) < 4.78 is 41.4. The van der Waals surface area contributed by atoms with Crippen LogP contribution < -0.4 is 5.56 Å². The normalized spacial score (nSPS) is 11.8. The molecule has 4 nitrogen and oxygen atoms in total. The van der Waals surface area contributed by atoms with Crippen molar-refractivity contribution in [3.8, 4) is 22.4 Å². The summed E-state index contributed by atoms with van der Waals surface area (Å²) in [6.07, 6.45) is -4.69. The molecule has 0 aliphatic rings. The second-order valence-electron chi connectivity index (χ2n) is 5.74. The lowest BCUT2D eigenvalue weighted by Gasteiger charge is -2.07. The highest BCUT2D eigenvalue weighted by Gasteiger charge is 2.39. The zero-order valence-electron chi connectivity index (χ0n) is 13.3. The molecular weight excluding hydrogens is 343 g/mol. The minimum absolute atomic E-state index is 0.00915.